The molecule has 0 spiro atoms. The SMILES string of the molecule is CCC(CC)(CN)C(=O)NCCN1C(=O)CNC1=O.Cl. The second-order valence-corrected chi connectivity index (χ2v) is 4.65. The Bertz CT molecular complexity index is 347. The van der Waals surface area contributed by atoms with Crippen LogP contribution in [0.4, 0.5) is 4.79 Å². The number of amides is 4. The fraction of sp³-hybridized carbons (Fsp3) is 0.750. The summed E-state index contributed by atoms with van der Waals surface area (Å²) in [5, 5.41) is 5.18. The van der Waals surface area contributed by atoms with Gasteiger partial charge in [0.15, 0.2) is 0 Å². The van der Waals surface area contributed by atoms with Gasteiger partial charge < -0.3 is 16.4 Å². The van der Waals surface area contributed by atoms with Gasteiger partial charge in [0.05, 0.1) is 12.0 Å². The summed E-state index contributed by atoms with van der Waals surface area (Å²) in [5.74, 6) is -0.387. The second-order valence-electron chi connectivity index (χ2n) is 4.65. The molecule has 1 fully saturated rings. The van der Waals surface area contributed by atoms with Crippen molar-refractivity contribution in [3.8, 4) is 0 Å². The molecule has 0 unspecified atom stereocenters. The zero-order valence-corrected chi connectivity index (χ0v) is 12.7. The summed E-state index contributed by atoms with van der Waals surface area (Å²) in [6.45, 7) is 4.60. The highest BCUT2D eigenvalue weighted by atomic mass is 35.5. The van der Waals surface area contributed by atoms with E-state index in [1.165, 1.54) is 0 Å². The van der Waals surface area contributed by atoms with Gasteiger partial charge in [0.25, 0.3) is 0 Å². The van der Waals surface area contributed by atoms with Crippen LogP contribution in [0.1, 0.15) is 26.7 Å². The van der Waals surface area contributed by atoms with E-state index in [1.807, 2.05) is 13.8 Å². The number of nitrogens with one attached hydrogen (secondary N) is 2. The summed E-state index contributed by atoms with van der Waals surface area (Å²) in [5.41, 5.74) is 5.12. The molecule has 8 heteroatoms. The molecule has 4 N–H and O–H groups in total. The van der Waals surface area contributed by atoms with Crippen LogP contribution in [0.3, 0.4) is 0 Å². The Morgan fingerprint density at radius 3 is 2.40 bits per heavy atom. The first-order chi connectivity index (χ1) is 9.00. The van der Waals surface area contributed by atoms with Crippen molar-refractivity contribution in [1.29, 1.82) is 0 Å². The van der Waals surface area contributed by atoms with E-state index in [0.29, 0.717) is 12.8 Å². The standard InChI is InChI=1S/C12H22N4O3.ClH/c1-3-12(4-2,8-13)10(18)14-5-6-16-9(17)7-15-11(16)19;/h3-8,13H2,1-2H3,(H,14,18)(H,15,19);1H. The monoisotopic (exact) mass is 306 g/mol. The van der Waals surface area contributed by atoms with Gasteiger partial charge in [0.2, 0.25) is 11.8 Å². The predicted molar refractivity (Wildman–Crippen MR) is 77.4 cm³/mol. The first kappa shape index (κ1) is 18.7. The van der Waals surface area contributed by atoms with Crippen molar-refractivity contribution in [1.82, 2.24) is 15.5 Å². The Morgan fingerprint density at radius 1 is 1.40 bits per heavy atom. The lowest BCUT2D eigenvalue weighted by Crippen LogP contribution is -2.47. The maximum absolute atomic E-state index is 12.1. The topological polar surface area (TPSA) is 105 Å². The van der Waals surface area contributed by atoms with Gasteiger partial charge in [-0.1, -0.05) is 13.8 Å². The molecule has 4 amide bonds. The number of rotatable bonds is 7. The van der Waals surface area contributed by atoms with Crippen molar-refractivity contribution in [3.63, 3.8) is 0 Å². The highest BCUT2D eigenvalue weighted by molar-refractivity contribution is 6.01. The molecule has 1 rings (SSSR count). The largest absolute Gasteiger partial charge is 0.354 e. The van der Waals surface area contributed by atoms with Crippen molar-refractivity contribution in [2.24, 2.45) is 11.1 Å². The number of nitrogens with zero attached hydrogens (tertiary/aromatic N) is 1. The minimum Gasteiger partial charge on any atom is -0.354 e. The molecule has 20 heavy (non-hydrogen) atoms. The summed E-state index contributed by atoms with van der Waals surface area (Å²) in [6.07, 6.45) is 1.32. The molecule has 0 aromatic heterocycles. The fourth-order valence-corrected chi connectivity index (χ4v) is 2.10. The van der Waals surface area contributed by atoms with E-state index in [1.54, 1.807) is 0 Å². The minimum absolute atomic E-state index is 0. The van der Waals surface area contributed by atoms with Crippen LogP contribution in [-0.4, -0.2) is 48.9 Å². The smallest absolute Gasteiger partial charge is 0.324 e. The van der Waals surface area contributed by atoms with Crippen LogP contribution >= 0.6 is 12.4 Å². The number of nitrogens with two attached hydrogens (primary N) is 1. The molecule has 1 saturated heterocycles. The lowest BCUT2D eigenvalue weighted by molar-refractivity contribution is -0.131. The summed E-state index contributed by atoms with van der Waals surface area (Å²) in [4.78, 5) is 35.8. The Balaban J connectivity index is 0.00000361. The molecule has 116 valence electrons. The van der Waals surface area contributed by atoms with E-state index in [4.69, 9.17) is 5.73 Å². The van der Waals surface area contributed by atoms with Gasteiger partial charge >= 0.3 is 6.03 Å². The third kappa shape index (κ3) is 3.83. The van der Waals surface area contributed by atoms with Gasteiger partial charge in [-0.25, -0.2) is 4.79 Å². The summed E-state index contributed by atoms with van der Waals surface area (Å²) < 4.78 is 0. The van der Waals surface area contributed by atoms with Crippen molar-refractivity contribution >= 4 is 30.3 Å². The number of halogens is 1. The number of carbonyl (C=O) groups excluding carboxylic acids is 3. The number of hydrogen-bond donors (Lipinski definition) is 3. The third-order valence-electron chi connectivity index (χ3n) is 3.78. The zero-order chi connectivity index (χ0) is 14.5. The maximum Gasteiger partial charge on any atom is 0.324 e. The fourth-order valence-electron chi connectivity index (χ4n) is 2.10. The summed E-state index contributed by atoms with van der Waals surface area (Å²) >= 11 is 0. The summed E-state index contributed by atoms with van der Waals surface area (Å²) in [7, 11) is 0. The van der Waals surface area contributed by atoms with Crippen LogP contribution in [0.5, 0.6) is 0 Å². The normalized spacial score (nSPS) is 14.8. The average molecular weight is 307 g/mol. The molecule has 1 heterocycles. The van der Waals surface area contributed by atoms with Gasteiger partial charge in [-0.2, -0.15) is 0 Å². The molecule has 0 aromatic carbocycles. The van der Waals surface area contributed by atoms with Crippen LogP contribution in [0, 0.1) is 5.41 Å². The lowest BCUT2D eigenvalue weighted by atomic mass is 9.81. The molecule has 0 atom stereocenters. The first-order valence-electron chi connectivity index (χ1n) is 6.57. The molecule has 0 saturated carbocycles. The van der Waals surface area contributed by atoms with E-state index < -0.39 is 11.4 Å². The second kappa shape index (κ2) is 8.06. The molecular formula is C12H23ClN4O3. The number of hydrogen-bond acceptors (Lipinski definition) is 4. The number of imide groups is 1. The van der Waals surface area contributed by atoms with Crippen molar-refractivity contribution in [2.45, 2.75) is 26.7 Å². The van der Waals surface area contributed by atoms with Crippen molar-refractivity contribution in [2.75, 3.05) is 26.2 Å². The molecule has 7 nitrogen and oxygen atoms in total. The highest BCUT2D eigenvalue weighted by Crippen LogP contribution is 2.24. The van der Waals surface area contributed by atoms with E-state index >= 15 is 0 Å². The quantitative estimate of drug-likeness (QED) is 0.568. The molecule has 1 aliphatic rings. The number of urea groups is 1. The van der Waals surface area contributed by atoms with Crippen LogP contribution in [0.15, 0.2) is 0 Å². The molecule has 0 aromatic rings. The van der Waals surface area contributed by atoms with Crippen LogP contribution in [-0.2, 0) is 9.59 Å². The van der Waals surface area contributed by atoms with E-state index in [2.05, 4.69) is 10.6 Å². The Kier molecular flexibility index (Phi) is 7.52. The van der Waals surface area contributed by atoms with Crippen LogP contribution in [0.25, 0.3) is 0 Å². The van der Waals surface area contributed by atoms with Gasteiger partial charge in [0, 0.05) is 19.6 Å². The molecule has 0 radical (unpaired) electrons. The first-order valence-corrected chi connectivity index (χ1v) is 6.57. The van der Waals surface area contributed by atoms with Gasteiger partial charge in [-0.15, -0.1) is 12.4 Å². The Morgan fingerprint density at radius 2 is 2.00 bits per heavy atom. The van der Waals surface area contributed by atoms with Crippen molar-refractivity contribution in [3.05, 3.63) is 0 Å². The molecule has 1 aliphatic heterocycles. The zero-order valence-electron chi connectivity index (χ0n) is 11.9. The Labute approximate surface area is 125 Å². The average Bonchev–Trinajstić information content (AvgIpc) is 2.73. The molecule has 0 aliphatic carbocycles. The summed E-state index contributed by atoms with van der Waals surface area (Å²) in [6, 6.07) is -0.407. The van der Waals surface area contributed by atoms with Crippen molar-refractivity contribution < 1.29 is 14.4 Å². The van der Waals surface area contributed by atoms with Crippen LogP contribution in [0.2, 0.25) is 0 Å². The maximum atomic E-state index is 12.1. The Hall–Kier alpha value is -1.34. The lowest BCUT2D eigenvalue weighted by Gasteiger charge is -2.28. The molecule has 0 bridgehead atoms. The third-order valence-corrected chi connectivity index (χ3v) is 3.78. The predicted octanol–water partition coefficient (Wildman–Crippen LogP) is -0.159. The van der Waals surface area contributed by atoms with Gasteiger partial charge in [-0.05, 0) is 12.8 Å². The molecular weight excluding hydrogens is 284 g/mol. The van der Waals surface area contributed by atoms with Gasteiger partial charge in [0.1, 0.15) is 0 Å². The van der Waals surface area contributed by atoms with Gasteiger partial charge in [-0.3, -0.25) is 14.5 Å². The van der Waals surface area contributed by atoms with E-state index in [0.717, 1.165) is 4.90 Å². The highest BCUT2D eigenvalue weighted by Gasteiger charge is 2.33. The number of carbonyl (C=O) groups is 3. The minimum atomic E-state index is -0.558. The van der Waals surface area contributed by atoms with E-state index in [-0.39, 0.29) is 50.4 Å². The van der Waals surface area contributed by atoms with Crippen LogP contribution < -0.4 is 16.4 Å². The van der Waals surface area contributed by atoms with E-state index in [9.17, 15) is 14.4 Å².